The topological polar surface area (TPSA) is 12.0 Å². The molecule has 0 aromatic heterocycles. The van der Waals surface area contributed by atoms with Gasteiger partial charge < -0.3 is 5.32 Å². The summed E-state index contributed by atoms with van der Waals surface area (Å²) in [5.74, 6) is 0. The summed E-state index contributed by atoms with van der Waals surface area (Å²) in [5.41, 5.74) is 6.63. The van der Waals surface area contributed by atoms with Crippen LogP contribution in [-0.2, 0) is 6.54 Å². The minimum Gasteiger partial charge on any atom is -0.306 e. The summed E-state index contributed by atoms with van der Waals surface area (Å²) in [6.45, 7) is 5.31. The van der Waals surface area contributed by atoms with Crippen LogP contribution in [0.1, 0.15) is 29.7 Å². The average Bonchev–Trinajstić information content (AvgIpc) is 2.62. The van der Waals surface area contributed by atoms with E-state index < -0.39 is 0 Å². The number of hydrogen-bond acceptors (Lipinski definition) is 1. The molecule has 1 heteroatoms. The highest BCUT2D eigenvalue weighted by Gasteiger charge is 2.08. The molecule has 3 aromatic rings. The van der Waals surface area contributed by atoms with Crippen LogP contribution in [0.4, 0.5) is 0 Å². The van der Waals surface area contributed by atoms with Crippen molar-refractivity contribution in [1.82, 2.24) is 5.32 Å². The third kappa shape index (κ3) is 3.69. The Morgan fingerprint density at radius 3 is 2.13 bits per heavy atom. The number of nitrogens with one attached hydrogen (secondary N) is 1. The lowest BCUT2D eigenvalue weighted by Gasteiger charge is -2.17. The monoisotopic (exact) mass is 301 g/mol. The lowest BCUT2D eigenvalue weighted by Crippen LogP contribution is -2.18. The van der Waals surface area contributed by atoms with Gasteiger partial charge in [-0.05, 0) is 41.7 Å². The average molecular weight is 301 g/mol. The van der Waals surface area contributed by atoms with E-state index in [0.717, 1.165) is 6.54 Å². The number of rotatable bonds is 5. The Morgan fingerprint density at radius 1 is 0.783 bits per heavy atom. The van der Waals surface area contributed by atoms with Gasteiger partial charge in [-0.3, -0.25) is 0 Å². The lowest BCUT2D eigenvalue weighted by molar-refractivity contribution is 0.573. The molecule has 0 heterocycles. The maximum atomic E-state index is 3.63. The zero-order valence-corrected chi connectivity index (χ0v) is 13.8. The maximum absolute atomic E-state index is 3.63. The fraction of sp³-hybridized carbons (Fsp3) is 0.182. The molecule has 1 nitrogen and oxygen atoms in total. The van der Waals surface area contributed by atoms with Crippen molar-refractivity contribution in [3.8, 4) is 11.1 Å². The maximum Gasteiger partial charge on any atom is 0.0294 e. The Kier molecular flexibility index (Phi) is 4.89. The van der Waals surface area contributed by atoms with Gasteiger partial charge in [0.2, 0.25) is 0 Å². The van der Waals surface area contributed by atoms with Crippen LogP contribution >= 0.6 is 0 Å². The first kappa shape index (κ1) is 15.5. The van der Waals surface area contributed by atoms with E-state index in [4.69, 9.17) is 0 Å². The summed E-state index contributed by atoms with van der Waals surface area (Å²) < 4.78 is 0. The van der Waals surface area contributed by atoms with Crippen molar-refractivity contribution in [2.75, 3.05) is 0 Å². The number of benzene rings is 3. The molecule has 0 aliphatic carbocycles. The molecule has 0 bridgehead atoms. The van der Waals surface area contributed by atoms with E-state index in [-0.39, 0.29) is 0 Å². The lowest BCUT2D eigenvalue weighted by atomic mass is 9.96. The van der Waals surface area contributed by atoms with Gasteiger partial charge in [-0.15, -0.1) is 0 Å². The van der Waals surface area contributed by atoms with Gasteiger partial charge in [-0.1, -0.05) is 78.9 Å². The Bertz CT molecular complexity index is 747. The molecular formula is C22H23N. The highest BCUT2D eigenvalue weighted by atomic mass is 14.9. The van der Waals surface area contributed by atoms with Crippen LogP contribution in [0.25, 0.3) is 11.1 Å². The van der Waals surface area contributed by atoms with E-state index in [1.807, 2.05) is 0 Å². The molecule has 0 spiro atoms. The minimum atomic E-state index is 0.344. The van der Waals surface area contributed by atoms with Crippen molar-refractivity contribution in [3.05, 3.63) is 95.6 Å². The minimum absolute atomic E-state index is 0.344. The van der Waals surface area contributed by atoms with Crippen LogP contribution < -0.4 is 5.32 Å². The summed E-state index contributed by atoms with van der Waals surface area (Å²) in [6, 6.07) is 28.1. The van der Waals surface area contributed by atoms with Gasteiger partial charge in [0.1, 0.15) is 0 Å². The molecule has 23 heavy (non-hydrogen) atoms. The highest BCUT2D eigenvalue weighted by molar-refractivity contribution is 5.68. The van der Waals surface area contributed by atoms with Crippen LogP contribution in [0.5, 0.6) is 0 Å². The first-order valence-electron chi connectivity index (χ1n) is 8.18. The molecule has 0 saturated carbocycles. The predicted octanol–water partition coefficient (Wildman–Crippen LogP) is 5.51. The molecule has 1 atom stereocenters. The van der Waals surface area contributed by atoms with Crippen molar-refractivity contribution in [1.29, 1.82) is 0 Å². The van der Waals surface area contributed by atoms with Gasteiger partial charge in [-0.25, -0.2) is 0 Å². The molecule has 1 unspecified atom stereocenters. The largest absolute Gasteiger partial charge is 0.306 e. The molecule has 3 rings (SSSR count). The van der Waals surface area contributed by atoms with Crippen LogP contribution in [0.2, 0.25) is 0 Å². The third-order valence-corrected chi connectivity index (χ3v) is 4.43. The SMILES string of the molecule is Cc1c(CNC(C)c2ccccc2)cccc1-c1ccccc1. The second-order valence-electron chi connectivity index (χ2n) is 5.97. The Morgan fingerprint density at radius 2 is 1.43 bits per heavy atom. The van der Waals surface area contributed by atoms with Crippen molar-refractivity contribution in [3.63, 3.8) is 0 Å². The first-order valence-corrected chi connectivity index (χ1v) is 8.18. The molecule has 3 aromatic carbocycles. The van der Waals surface area contributed by atoms with Crippen LogP contribution in [0, 0.1) is 6.92 Å². The number of hydrogen-bond donors (Lipinski definition) is 1. The van der Waals surface area contributed by atoms with Crippen LogP contribution in [0.3, 0.4) is 0 Å². The molecule has 0 aliphatic rings. The van der Waals surface area contributed by atoms with Gasteiger partial charge in [0.25, 0.3) is 0 Å². The second-order valence-corrected chi connectivity index (χ2v) is 5.97. The van der Waals surface area contributed by atoms with Gasteiger partial charge in [0.15, 0.2) is 0 Å². The van der Waals surface area contributed by atoms with Gasteiger partial charge >= 0.3 is 0 Å². The van der Waals surface area contributed by atoms with Crippen molar-refractivity contribution < 1.29 is 0 Å². The van der Waals surface area contributed by atoms with Crippen LogP contribution in [0.15, 0.2) is 78.9 Å². The highest BCUT2D eigenvalue weighted by Crippen LogP contribution is 2.26. The summed E-state index contributed by atoms with van der Waals surface area (Å²) in [5, 5.41) is 3.63. The molecule has 0 aliphatic heterocycles. The summed E-state index contributed by atoms with van der Waals surface area (Å²) in [6.07, 6.45) is 0. The van der Waals surface area contributed by atoms with Crippen molar-refractivity contribution in [2.24, 2.45) is 0 Å². The zero-order valence-electron chi connectivity index (χ0n) is 13.8. The van der Waals surface area contributed by atoms with Crippen molar-refractivity contribution >= 4 is 0 Å². The quantitative estimate of drug-likeness (QED) is 0.655. The second kappa shape index (κ2) is 7.26. The third-order valence-electron chi connectivity index (χ3n) is 4.43. The Labute approximate surface area is 139 Å². The Hall–Kier alpha value is -2.38. The molecule has 0 radical (unpaired) electrons. The van der Waals surface area contributed by atoms with E-state index in [2.05, 4.69) is 98.0 Å². The summed E-state index contributed by atoms with van der Waals surface area (Å²) >= 11 is 0. The van der Waals surface area contributed by atoms with E-state index in [0.29, 0.717) is 6.04 Å². The van der Waals surface area contributed by atoms with E-state index >= 15 is 0 Å². The zero-order chi connectivity index (χ0) is 16.1. The van der Waals surface area contributed by atoms with E-state index in [9.17, 15) is 0 Å². The fourth-order valence-electron chi connectivity index (χ4n) is 2.93. The van der Waals surface area contributed by atoms with Gasteiger partial charge in [0.05, 0.1) is 0 Å². The standard InChI is InChI=1S/C22H23N/c1-17-21(16-23-18(2)19-10-5-3-6-11-19)14-9-15-22(17)20-12-7-4-8-13-20/h3-15,18,23H,16H2,1-2H3. The first-order chi connectivity index (χ1) is 11.3. The smallest absolute Gasteiger partial charge is 0.0294 e. The van der Waals surface area contributed by atoms with Gasteiger partial charge in [-0.2, -0.15) is 0 Å². The molecule has 1 N–H and O–H groups in total. The molecule has 0 fully saturated rings. The summed E-state index contributed by atoms with van der Waals surface area (Å²) in [4.78, 5) is 0. The molecule has 0 saturated heterocycles. The Balaban J connectivity index is 1.76. The van der Waals surface area contributed by atoms with E-state index in [1.54, 1.807) is 0 Å². The van der Waals surface area contributed by atoms with Gasteiger partial charge in [0, 0.05) is 12.6 Å². The van der Waals surface area contributed by atoms with Crippen molar-refractivity contribution in [2.45, 2.75) is 26.4 Å². The van der Waals surface area contributed by atoms with E-state index in [1.165, 1.54) is 27.8 Å². The van der Waals surface area contributed by atoms with Crippen LogP contribution in [-0.4, -0.2) is 0 Å². The molecule has 0 amide bonds. The summed E-state index contributed by atoms with van der Waals surface area (Å²) in [7, 11) is 0. The molecule has 116 valence electrons. The predicted molar refractivity (Wildman–Crippen MR) is 98.3 cm³/mol. The normalized spacial score (nSPS) is 12.1. The fourth-order valence-corrected chi connectivity index (χ4v) is 2.93. The molecular weight excluding hydrogens is 278 g/mol.